The van der Waals surface area contributed by atoms with Gasteiger partial charge in [0.05, 0.1) is 12.7 Å². The maximum atomic E-state index is 11.7. The Morgan fingerprint density at radius 1 is 1.57 bits per heavy atom. The van der Waals surface area contributed by atoms with Crippen LogP contribution in [0.1, 0.15) is 26.2 Å². The Morgan fingerprint density at radius 3 is 3.07 bits per heavy atom. The molecule has 2 aliphatic rings. The Bertz CT molecular complexity index is 261. The highest BCUT2D eigenvalue weighted by molar-refractivity contribution is 6.02. The van der Waals surface area contributed by atoms with Crippen molar-refractivity contribution in [2.24, 2.45) is 5.92 Å². The summed E-state index contributed by atoms with van der Waals surface area (Å²) in [6.07, 6.45) is 1.91. The molecule has 2 heterocycles. The van der Waals surface area contributed by atoms with Crippen molar-refractivity contribution in [3.63, 3.8) is 0 Å². The molecule has 4 heteroatoms. The molecular formula is C10H14O4. The van der Waals surface area contributed by atoms with E-state index in [2.05, 4.69) is 0 Å². The van der Waals surface area contributed by atoms with Gasteiger partial charge in [-0.15, -0.1) is 0 Å². The van der Waals surface area contributed by atoms with Crippen LogP contribution in [0.25, 0.3) is 0 Å². The average Bonchev–Trinajstić information content (AvgIpc) is 2.56. The van der Waals surface area contributed by atoms with E-state index >= 15 is 0 Å². The van der Waals surface area contributed by atoms with E-state index in [1.165, 1.54) is 0 Å². The molecule has 14 heavy (non-hydrogen) atoms. The summed E-state index contributed by atoms with van der Waals surface area (Å²) in [6.45, 7) is 2.08. The Labute approximate surface area is 82.6 Å². The Kier molecular flexibility index (Phi) is 2.54. The molecule has 0 spiro atoms. The van der Waals surface area contributed by atoms with Gasteiger partial charge in [0.15, 0.2) is 5.78 Å². The van der Waals surface area contributed by atoms with Crippen LogP contribution in [0.4, 0.5) is 0 Å². The molecule has 2 saturated heterocycles. The van der Waals surface area contributed by atoms with Crippen molar-refractivity contribution in [3.05, 3.63) is 0 Å². The summed E-state index contributed by atoms with van der Waals surface area (Å²) in [6, 6.07) is 0. The second kappa shape index (κ2) is 3.69. The predicted molar refractivity (Wildman–Crippen MR) is 47.6 cm³/mol. The van der Waals surface area contributed by atoms with Crippen molar-refractivity contribution in [2.45, 2.75) is 38.4 Å². The molecule has 0 aromatic rings. The van der Waals surface area contributed by atoms with E-state index in [0.717, 1.165) is 12.8 Å². The van der Waals surface area contributed by atoms with Crippen molar-refractivity contribution in [1.29, 1.82) is 0 Å². The minimum absolute atomic E-state index is 0.0859. The van der Waals surface area contributed by atoms with Gasteiger partial charge in [-0.1, -0.05) is 0 Å². The molecule has 2 rings (SSSR count). The minimum Gasteiger partial charge on any atom is -0.465 e. The molecule has 0 saturated carbocycles. The number of esters is 1. The van der Waals surface area contributed by atoms with Crippen LogP contribution >= 0.6 is 0 Å². The number of carbonyl (C=O) groups is 2. The van der Waals surface area contributed by atoms with Crippen molar-refractivity contribution < 1.29 is 19.1 Å². The molecule has 2 bridgehead atoms. The van der Waals surface area contributed by atoms with Crippen LogP contribution in [-0.2, 0) is 19.1 Å². The topological polar surface area (TPSA) is 52.6 Å². The lowest BCUT2D eigenvalue weighted by atomic mass is 9.94. The van der Waals surface area contributed by atoms with Gasteiger partial charge in [0.25, 0.3) is 0 Å². The number of fused-ring (bicyclic) bond motifs is 2. The molecule has 0 amide bonds. The third-order valence-electron chi connectivity index (χ3n) is 2.84. The Hall–Kier alpha value is -0.900. The van der Waals surface area contributed by atoms with E-state index in [0.29, 0.717) is 13.0 Å². The van der Waals surface area contributed by atoms with Crippen molar-refractivity contribution >= 4 is 11.8 Å². The maximum Gasteiger partial charge on any atom is 0.316 e. The van der Waals surface area contributed by atoms with Crippen molar-refractivity contribution in [3.8, 4) is 0 Å². The lowest BCUT2D eigenvalue weighted by Crippen LogP contribution is -2.40. The lowest BCUT2D eigenvalue weighted by Gasteiger charge is -2.25. The molecule has 0 aromatic heterocycles. The second-order valence-electron chi connectivity index (χ2n) is 3.77. The molecule has 3 unspecified atom stereocenters. The van der Waals surface area contributed by atoms with E-state index in [1.54, 1.807) is 6.92 Å². The molecule has 0 aliphatic carbocycles. The first kappa shape index (κ1) is 9.65. The van der Waals surface area contributed by atoms with Gasteiger partial charge in [-0.3, -0.25) is 9.59 Å². The normalized spacial score (nSPS) is 35.8. The van der Waals surface area contributed by atoms with Gasteiger partial charge in [0.1, 0.15) is 12.0 Å². The van der Waals surface area contributed by atoms with E-state index < -0.39 is 5.92 Å². The van der Waals surface area contributed by atoms with Gasteiger partial charge in [-0.05, 0) is 26.2 Å². The number of hydrogen-bond donors (Lipinski definition) is 0. The van der Waals surface area contributed by atoms with Crippen LogP contribution in [0.3, 0.4) is 0 Å². The van der Waals surface area contributed by atoms with Crippen LogP contribution in [0.15, 0.2) is 0 Å². The zero-order valence-electron chi connectivity index (χ0n) is 8.19. The maximum absolute atomic E-state index is 11.7. The fourth-order valence-electron chi connectivity index (χ4n) is 2.15. The Balaban J connectivity index is 2.05. The number of ether oxygens (including phenoxy) is 2. The predicted octanol–water partition coefficient (Wildman–Crippen LogP) is 0.686. The van der Waals surface area contributed by atoms with Gasteiger partial charge in [-0.2, -0.15) is 0 Å². The summed E-state index contributed by atoms with van der Waals surface area (Å²) in [5.74, 6) is -1.03. The number of Topliss-reactive ketones (excluding diaryl/α,β-unsaturated/α-hetero) is 1. The minimum atomic E-state index is -0.568. The first-order valence-corrected chi connectivity index (χ1v) is 5.08. The van der Waals surface area contributed by atoms with E-state index in [-0.39, 0.29) is 24.0 Å². The van der Waals surface area contributed by atoms with E-state index in [4.69, 9.17) is 9.47 Å². The molecule has 0 aromatic carbocycles. The zero-order chi connectivity index (χ0) is 10.1. The average molecular weight is 198 g/mol. The molecule has 2 fully saturated rings. The first-order chi connectivity index (χ1) is 6.72. The van der Waals surface area contributed by atoms with Crippen LogP contribution in [0, 0.1) is 5.92 Å². The van der Waals surface area contributed by atoms with Gasteiger partial charge in [0, 0.05) is 0 Å². The molecular weight excluding hydrogens is 184 g/mol. The summed E-state index contributed by atoms with van der Waals surface area (Å²) in [4.78, 5) is 23.1. The molecule has 4 nitrogen and oxygen atoms in total. The summed E-state index contributed by atoms with van der Waals surface area (Å²) in [5, 5.41) is 0. The van der Waals surface area contributed by atoms with Crippen molar-refractivity contribution in [1.82, 2.24) is 0 Å². The van der Waals surface area contributed by atoms with Gasteiger partial charge >= 0.3 is 5.97 Å². The molecule has 2 aliphatic heterocycles. The third-order valence-corrected chi connectivity index (χ3v) is 2.84. The second-order valence-corrected chi connectivity index (χ2v) is 3.77. The summed E-state index contributed by atoms with van der Waals surface area (Å²) < 4.78 is 10.3. The molecule has 3 atom stereocenters. The fourth-order valence-corrected chi connectivity index (χ4v) is 2.15. The van der Waals surface area contributed by atoms with Crippen LogP contribution in [-0.4, -0.2) is 30.6 Å². The number of rotatable bonds is 2. The number of hydrogen-bond acceptors (Lipinski definition) is 4. The third kappa shape index (κ3) is 1.54. The SMILES string of the molecule is CCOC(=O)C1CC2CCC(O2)C1=O. The highest BCUT2D eigenvalue weighted by Crippen LogP contribution is 2.33. The van der Waals surface area contributed by atoms with E-state index in [9.17, 15) is 9.59 Å². The van der Waals surface area contributed by atoms with Gasteiger partial charge in [-0.25, -0.2) is 0 Å². The van der Waals surface area contributed by atoms with E-state index in [1.807, 2.05) is 0 Å². The summed E-state index contributed by atoms with van der Waals surface area (Å²) >= 11 is 0. The van der Waals surface area contributed by atoms with Gasteiger partial charge in [0.2, 0.25) is 0 Å². The van der Waals surface area contributed by atoms with Crippen LogP contribution in [0.2, 0.25) is 0 Å². The fraction of sp³-hybridized carbons (Fsp3) is 0.800. The smallest absolute Gasteiger partial charge is 0.316 e. The van der Waals surface area contributed by atoms with Crippen LogP contribution < -0.4 is 0 Å². The van der Waals surface area contributed by atoms with Gasteiger partial charge < -0.3 is 9.47 Å². The standard InChI is InChI=1S/C10H14O4/c1-2-13-10(12)7-5-6-3-4-8(14-6)9(7)11/h6-8H,2-5H2,1H3. The number of carbonyl (C=O) groups excluding carboxylic acids is 2. The molecule has 0 N–H and O–H groups in total. The first-order valence-electron chi connectivity index (χ1n) is 5.08. The highest BCUT2D eigenvalue weighted by Gasteiger charge is 2.45. The number of ketones is 1. The monoisotopic (exact) mass is 198 g/mol. The lowest BCUT2D eigenvalue weighted by molar-refractivity contribution is -0.161. The Morgan fingerprint density at radius 2 is 2.36 bits per heavy atom. The molecule has 78 valence electrons. The quantitative estimate of drug-likeness (QED) is 0.484. The zero-order valence-corrected chi connectivity index (χ0v) is 8.19. The summed E-state index contributed by atoms with van der Waals surface area (Å²) in [7, 11) is 0. The molecule has 0 radical (unpaired) electrons. The highest BCUT2D eigenvalue weighted by atomic mass is 16.5. The summed E-state index contributed by atoms with van der Waals surface area (Å²) in [5.41, 5.74) is 0. The van der Waals surface area contributed by atoms with Crippen LogP contribution in [0.5, 0.6) is 0 Å². The van der Waals surface area contributed by atoms with Crippen molar-refractivity contribution in [2.75, 3.05) is 6.61 Å². The largest absolute Gasteiger partial charge is 0.465 e.